The van der Waals surface area contributed by atoms with Gasteiger partial charge in [0.05, 0.1) is 5.92 Å². The van der Waals surface area contributed by atoms with Gasteiger partial charge in [0, 0.05) is 5.41 Å². The van der Waals surface area contributed by atoms with Crippen LogP contribution >= 0.6 is 0 Å². The van der Waals surface area contributed by atoms with Crippen LogP contribution in [-0.2, 0) is 15.5 Å². The molecule has 0 bridgehead atoms. The van der Waals surface area contributed by atoms with Crippen LogP contribution in [0.25, 0.3) is 0 Å². The number of alkyl halides is 6. The van der Waals surface area contributed by atoms with Gasteiger partial charge in [-0.05, 0) is 61.1 Å². The Balaban J connectivity index is 1.95. The molecular weight excluding hydrogens is 450 g/mol. The van der Waals surface area contributed by atoms with Crippen LogP contribution in [0.5, 0.6) is 11.5 Å². The Morgan fingerprint density at radius 1 is 0.839 bits per heavy atom. The number of halogens is 6. The highest BCUT2D eigenvalue weighted by Gasteiger charge is 2.49. The van der Waals surface area contributed by atoms with Crippen molar-refractivity contribution in [3.63, 3.8) is 0 Å². The molecule has 1 aliphatic carbocycles. The second-order valence-corrected chi connectivity index (χ2v) is 8.99. The van der Waals surface area contributed by atoms with Crippen molar-refractivity contribution in [2.75, 3.05) is 0 Å². The summed E-state index contributed by atoms with van der Waals surface area (Å²) < 4.78 is 103. The summed E-state index contributed by atoms with van der Waals surface area (Å²) in [6.07, 6.45) is -4.40. The van der Waals surface area contributed by atoms with Gasteiger partial charge in [-0.3, -0.25) is 0 Å². The Morgan fingerprint density at radius 3 is 1.71 bits per heavy atom. The summed E-state index contributed by atoms with van der Waals surface area (Å²) in [7, 11) is -5.84. The molecule has 1 fully saturated rings. The van der Waals surface area contributed by atoms with Gasteiger partial charge in [-0.15, -0.1) is 0 Å². The number of aromatic hydroxyl groups is 1. The van der Waals surface area contributed by atoms with E-state index in [9.17, 15) is 39.9 Å². The first-order valence-electron chi connectivity index (χ1n) is 9.22. The largest absolute Gasteiger partial charge is 0.534 e. The summed E-state index contributed by atoms with van der Waals surface area (Å²) >= 11 is 0. The van der Waals surface area contributed by atoms with Gasteiger partial charge < -0.3 is 9.29 Å². The van der Waals surface area contributed by atoms with Crippen LogP contribution in [0.2, 0.25) is 0 Å². The Morgan fingerprint density at radius 2 is 1.29 bits per heavy atom. The molecule has 3 rings (SSSR count). The fourth-order valence-electron chi connectivity index (χ4n) is 3.97. The molecule has 2 aromatic carbocycles. The number of hydrogen-bond acceptors (Lipinski definition) is 4. The molecule has 2 aromatic rings. The Kier molecular flexibility index (Phi) is 5.94. The minimum Gasteiger partial charge on any atom is -0.508 e. The molecule has 4 nitrogen and oxygen atoms in total. The van der Waals surface area contributed by atoms with Crippen molar-refractivity contribution in [1.29, 1.82) is 0 Å². The van der Waals surface area contributed by atoms with Crippen molar-refractivity contribution in [2.45, 2.75) is 42.8 Å². The molecule has 31 heavy (non-hydrogen) atoms. The van der Waals surface area contributed by atoms with Gasteiger partial charge >= 0.3 is 21.8 Å². The molecule has 0 saturated heterocycles. The second-order valence-electron chi connectivity index (χ2n) is 7.45. The number of hydrogen-bond donors (Lipinski definition) is 1. The van der Waals surface area contributed by atoms with E-state index >= 15 is 0 Å². The van der Waals surface area contributed by atoms with Crippen LogP contribution in [-0.4, -0.2) is 25.2 Å². The van der Waals surface area contributed by atoms with E-state index in [0.717, 1.165) is 12.1 Å². The lowest BCUT2D eigenvalue weighted by Crippen LogP contribution is -2.37. The molecule has 0 spiro atoms. The molecule has 0 aromatic heterocycles. The third-order valence-electron chi connectivity index (χ3n) is 5.62. The Labute approximate surface area is 174 Å². The number of phenolic OH excluding ortho intramolecular Hbond substituents is 1. The summed E-state index contributed by atoms with van der Waals surface area (Å²) in [6, 6.07) is 10.8. The average molecular weight is 468 g/mol. The lowest BCUT2D eigenvalue weighted by atomic mass is 9.63. The van der Waals surface area contributed by atoms with Gasteiger partial charge in [-0.1, -0.05) is 24.3 Å². The fraction of sp³-hybridized carbons (Fsp3) is 0.400. The maximum absolute atomic E-state index is 13.2. The molecule has 0 radical (unpaired) electrons. The minimum atomic E-state index is -5.84. The predicted molar refractivity (Wildman–Crippen MR) is 98.9 cm³/mol. The van der Waals surface area contributed by atoms with E-state index in [1.807, 2.05) is 0 Å². The quantitative estimate of drug-likeness (QED) is 0.357. The van der Waals surface area contributed by atoms with Crippen molar-refractivity contribution in [1.82, 2.24) is 0 Å². The van der Waals surface area contributed by atoms with Crippen molar-refractivity contribution in [3.05, 3.63) is 59.7 Å². The molecule has 0 unspecified atom stereocenters. The van der Waals surface area contributed by atoms with Crippen molar-refractivity contribution in [3.8, 4) is 11.5 Å². The van der Waals surface area contributed by atoms with E-state index in [1.54, 1.807) is 12.1 Å². The number of phenols is 1. The van der Waals surface area contributed by atoms with Crippen LogP contribution in [0.15, 0.2) is 48.5 Å². The molecule has 11 heteroatoms. The smallest absolute Gasteiger partial charge is 0.508 e. The molecule has 0 amide bonds. The zero-order valence-electron chi connectivity index (χ0n) is 15.9. The first-order chi connectivity index (χ1) is 14.2. The van der Waals surface area contributed by atoms with Crippen LogP contribution in [0.3, 0.4) is 0 Å². The molecule has 170 valence electrons. The zero-order valence-corrected chi connectivity index (χ0v) is 16.7. The Bertz CT molecular complexity index is 1000. The van der Waals surface area contributed by atoms with E-state index in [2.05, 4.69) is 4.18 Å². The van der Waals surface area contributed by atoms with Gasteiger partial charge in [0.25, 0.3) is 0 Å². The predicted octanol–water partition coefficient (Wildman–Crippen LogP) is 5.66. The van der Waals surface area contributed by atoms with Crippen molar-refractivity contribution < 1.29 is 44.0 Å². The third kappa shape index (κ3) is 4.76. The van der Waals surface area contributed by atoms with Gasteiger partial charge in [0.2, 0.25) is 0 Å². The molecule has 0 aliphatic heterocycles. The number of rotatable bonds is 4. The fourth-order valence-corrected chi connectivity index (χ4v) is 4.42. The second kappa shape index (κ2) is 7.92. The van der Waals surface area contributed by atoms with Gasteiger partial charge in [0.1, 0.15) is 11.5 Å². The maximum Gasteiger partial charge on any atom is 0.534 e. The lowest BCUT2D eigenvalue weighted by Gasteiger charge is -2.41. The average Bonchev–Trinajstić information content (AvgIpc) is 2.67. The van der Waals surface area contributed by atoms with E-state index in [-0.39, 0.29) is 31.4 Å². The maximum atomic E-state index is 13.2. The highest BCUT2D eigenvalue weighted by Crippen LogP contribution is 2.50. The monoisotopic (exact) mass is 468 g/mol. The summed E-state index contributed by atoms with van der Waals surface area (Å²) in [5, 5.41) is 9.55. The first kappa shape index (κ1) is 23.2. The highest BCUT2D eigenvalue weighted by atomic mass is 32.2. The van der Waals surface area contributed by atoms with Crippen LogP contribution < -0.4 is 4.18 Å². The van der Waals surface area contributed by atoms with E-state index in [0.29, 0.717) is 11.1 Å². The van der Waals surface area contributed by atoms with Crippen LogP contribution in [0, 0.1) is 5.92 Å². The topological polar surface area (TPSA) is 63.6 Å². The minimum absolute atomic E-state index is 0.0241. The number of benzene rings is 2. The third-order valence-corrected chi connectivity index (χ3v) is 6.60. The highest BCUT2D eigenvalue weighted by molar-refractivity contribution is 7.88. The molecule has 0 heterocycles. The van der Waals surface area contributed by atoms with Crippen molar-refractivity contribution >= 4 is 10.1 Å². The summed E-state index contributed by atoms with van der Waals surface area (Å²) in [5.41, 5.74) is -5.32. The summed E-state index contributed by atoms with van der Waals surface area (Å²) in [6.45, 7) is 0. The van der Waals surface area contributed by atoms with Crippen LogP contribution in [0.1, 0.15) is 36.8 Å². The summed E-state index contributed by atoms with van der Waals surface area (Å²) in [5.74, 6) is -2.05. The molecular formula is C20H18F6O4S. The molecule has 1 saturated carbocycles. The first-order valence-corrected chi connectivity index (χ1v) is 10.6. The molecule has 1 N–H and O–H groups in total. The van der Waals surface area contributed by atoms with E-state index in [1.165, 1.54) is 24.3 Å². The molecule has 1 aliphatic rings. The summed E-state index contributed by atoms with van der Waals surface area (Å²) in [4.78, 5) is 0. The Hall–Kier alpha value is -2.43. The van der Waals surface area contributed by atoms with E-state index in [4.69, 9.17) is 0 Å². The van der Waals surface area contributed by atoms with Gasteiger partial charge in [-0.25, -0.2) is 0 Å². The molecule has 0 atom stereocenters. The normalized spacial score (nSPS) is 22.8. The SMILES string of the molecule is O=S(=O)(Oc1ccc(C2(c3ccc(O)cc3)CCC(C(F)(F)F)CC2)cc1)C(F)(F)F. The van der Waals surface area contributed by atoms with Crippen molar-refractivity contribution in [2.24, 2.45) is 5.92 Å². The van der Waals surface area contributed by atoms with Crippen LogP contribution in [0.4, 0.5) is 26.3 Å². The standard InChI is InChI=1S/C20H18F6O4S/c21-19(22,23)15-9-11-18(12-10-15,13-1-5-16(27)6-2-13)14-3-7-17(8-4-14)30-31(28,29)20(24,25)26/h1-8,15,27H,9-12H2. The van der Waals surface area contributed by atoms with Gasteiger partial charge in [-0.2, -0.15) is 34.8 Å². The van der Waals surface area contributed by atoms with E-state index < -0.39 is 38.9 Å². The zero-order chi connectivity index (χ0) is 23.1. The van der Waals surface area contributed by atoms with Gasteiger partial charge in [0.15, 0.2) is 0 Å². The lowest BCUT2D eigenvalue weighted by molar-refractivity contribution is -0.184.